The number of nitrogens with zero attached hydrogens (tertiary/aromatic N) is 4. The zero-order chi connectivity index (χ0) is 21.1. The Labute approximate surface area is 174 Å². The number of hydrogen-bond donors (Lipinski definition) is 1. The van der Waals surface area contributed by atoms with Crippen molar-refractivity contribution in [3.63, 3.8) is 0 Å². The highest BCUT2D eigenvalue weighted by atomic mass is 16.5. The first kappa shape index (κ1) is 20.0. The van der Waals surface area contributed by atoms with Crippen LogP contribution in [0.25, 0.3) is 11.3 Å². The van der Waals surface area contributed by atoms with Crippen LogP contribution in [0.5, 0.6) is 0 Å². The van der Waals surface area contributed by atoms with Gasteiger partial charge in [0.1, 0.15) is 5.76 Å². The summed E-state index contributed by atoms with van der Waals surface area (Å²) >= 11 is 0. The van der Waals surface area contributed by atoms with E-state index in [0.29, 0.717) is 5.76 Å². The third kappa shape index (κ3) is 4.32. The molecule has 0 unspecified atom stereocenters. The Morgan fingerprint density at radius 1 is 1.13 bits per heavy atom. The second-order valence-corrected chi connectivity index (χ2v) is 7.79. The van der Waals surface area contributed by atoms with Gasteiger partial charge in [0.25, 0.3) is 5.56 Å². The monoisotopic (exact) mass is 407 g/mol. The van der Waals surface area contributed by atoms with Crippen molar-refractivity contribution >= 4 is 5.91 Å². The number of aromatic nitrogens is 4. The van der Waals surface area contributed by atoms with Crippen LogP contribution in [-0.4, -0.2) is 31.9 Å². The molecular formula is C22H25N5O3. The average Bonchev–Trinajstić information content (AvgIpc) is 3.07. The lowest BCUT2D eigenvalue weighted by Crippen LogP contribution is -2.40. The first-order valence-electron chi connectivity index (χ1n) is 10.2. The number of hydrogen-bond acceptors (Lipinski definition) is 6. The zero-order valence-electron chi connectivity index (χ0n) is 17.2. The Kier molecular flexibility index (Phi) is 5.74. The van der Waals surface area contributed by atoms with Gasteiger partial charge in [-0.15, -0.1) is 0 Å². The Hall–Kier alpha value is -3.29. The fraction of sp³-hybridized carbons (Fsp3) is 0.409. The molecule has 0 aromatic carbocycles. The van der Waals surface area contributed by atoms with Crippen LogP contribution < -0.4 is 10.9 Å². The van der Waals surface area contributed by atoms with Crippen LogP contribution in [0.15, 0.2) is 46.0 Å². The second-order valence-electron chi connectivity index (χ2n) is 7.79. The van der Waals surface area contributed by atoms with Crippen LogP contribution in [0, 0.1) is 13.8 Å². The molecule has 0 saturated heterocycles. The lowest BCUT2D eigenvalue weighted by atomic mass is 9.91. The molecule has 1 fully saturated rings. The first-order valence-corrected chi connectivity index (χ1v) is 10.2. The summed E-state index contributed by atoms with van der Waals surface area (Å²) in [5.74, 6) is 0.661. The van der Waals surface area contributed by atoms with E-state index in [-0.39, 0.29) is 30.0 Å². The molecule has 8 nitrogen and oxygen atoms in total. The van der Waals surface area contributed by atoms with E-state index in [9.17, 15) is 9.59 Å². The lowest BCUT2D eigenvalue weighted by molar-refractivity contribution is -0.121. The number of amides is 1. The van der Waals surface area contributed by atoms with Gasteiger partial charge in [-0.05, 0) is 57.7 Å². The molecule has 0 bridgehead atoms. The molecule has 0 spiro atoms. The Bertz CT molecular complexity index is 1060. The van der Waals surface area contributed by atoms with Crippen molar-refractivity contribution in [1.29, 1.82) is 0 Å². The van der Waals surface area contributed by atoms with Crippen LogP contribution >= 0.6 is 0 Å². The van der Waals surface area contributed by atoms with E-state index in [1.54, 1.807) is 29.2 Å². The molecule has 1 amide bonds. The van der Waals surface area contributed by atoms with Crippen molar-refractivity contribution in [2.24, 2.45) is 0 Å². The topological polar surface area (TPSA) is 103 Å². The summed E-state index contributed by atoms with van der Waals surface area (Å²) in [6.07, 6.45) is 6.91. The van der Waals surface area contributed by atoms with Gasteiger partial charge in [-0.25, -0.2) is 4.68 Å². The van der Waals surface area contributed by atoms with E-state index in [4.69, 9.17) is 4.52 Å². The number of aryl methyl sites for hydroxylation is 2. The first-order chi connectivity index (χ1) is 14.5. The van der Waals surface area contributed by atoms with Gasteiger partial charge in [-0.3, -0.25) is 14.6 Å². The van der Waals surface area contributed by atoms with E-state index in [1.807, 2.05) is 26.0 Å². The van der Waals surface area contributed by atoms with Gasteiger partial charge in [-0.2, -0.15) is 5.10 Å². The predicted molar refractivity (Wildman–Crippen MR) is 111 cm³/mol. The summed E-state index contributed by atoms with van der Waals surface area (Å²) < 4.78 is 6.72. The average molecular weight is 407 g/mol. The molecule has 156 valence electrons. The fourth-order valence-corrected chi connectivity index (χ4v) is 4.02. The van der Waals surface area contributed by atoms with E-state index in [0.717, 1.165) is 48.2 Å². The third-order valence-corrected chi connectivity index (χ3v) is 5.73. The molecule has 3 aromatic heterocycles. The van der Waals surface area contributed by atoms with Gasteiger partial charge in [-0.1, -0.05) is 5.16 Å². The van der Waals surface area contributed by atoms with Gasteiger partial charge in [0, 0.05) is 35.6 Å². The van der Waals surface area contributed by atoms with Gasteiger partial charge in [0.05, 0.1) is 23.9 Å². The van der Waals surface area contributed by atoms with Crippen molar-refractivity contribution in [2.75, 3.05) is 0 Å². The van der Waals surface area contributed by atoms with Crippen molar-refractivity contribution < 1.29 is 9.32 Å². The molecule has 8 heteroatoms. The molecule has 3 aromatic rings. The maximum atomic E-state index is 12.4. The highest BCUT2D eigenvalue weighted by Crippen LogP contribution is 2.28. The van der Waals surface area contributed by atoms with Gasteiger partial charge in [0.2, 0.25) is 5.91 Å². The minimum Gasteiger partial charge on any atom is -0.361 e. The number of carbonyl (C=O) groups is 1. The maximum Gasteiger partial charge on any atom is 0.267 e. The van der Waals surface area contributed by atoms with Crippen LogP contribution in [0.4, 0.5) is 0 Å². The van der Waals surface area contributed by atoms with Crippen LogP contribution in [0.1, 0.15) is 48.7 Å². The van der Waals surface area contributed by atoms with E-state index in [2.05, 4.69) is 20.6 Å². The smallest absolute Gasteiger partial charge is 0.267 e. The molecule has 3 heterocycles. The largest absolute Gasteiger partial charge is 0.361 e. The molecule has 4 rings (SSSR count). The number of pyridine rings is 1. The Balaban J connectivity index is 1.38. The molecule has 0 radical (unpaired) electrons. The van der Waals surface area contributed by atoms with Gasteiger partial charge in [0.15, 0.2) is 0 Å². The van der Waals surface area contributed by atoms with Crippen molar-refractivity contribution in [2.45, 2.75) is 58.0 Å². The summed E-state index contributed by atoms with van der Waals surface area (Å²) in [4.78, 5) is 28.9. The molecular weight excluding hydrogens is 382 g/mol. The summed E-state index contributed by atoms with van der Waals surface area (Å²) in [6.45, 7) is 3.66. The molecule has 0 aliphatic heterocycles. The quantitative estimate of drug-likeness (QED) is 0.698. The van der Waals surface area contributed by atoms with Crippen LogP contribution in [0.2, 0.25) is 0 Å². The minimum atomic E-state index is -0.0984. The molecule has 1 N–H and O–H groups in total. The lowest BCUT2D eigenvalue weighted by Gasteiger charge is -2.29. The van der Waals surface area contributed by atoms with Crippen LogP contribution in [0.3, 0.4) is 0 Å². The highest BCUT2D eigenvalue weighted by Gasteiger charge is 2.25. The number of nitrogens with one attached hydrogen (secondary N) is 1. The summed E-state index contributed by atoms with van der Waals surface area (Å²) in [6, 6.07) is 7.21. The molecule has 1 aliphatic rings. The zero-order valence-corrected chi connectivity index (χ0v) is 17.2. The number of rotatable bonds is 5. The maximum absolute atomic E-state index is 12.4. The Morgan fingerprint density at radius 2 is 1.87 bits per heavy atom. The highest BCUT2D eigenvalue weighted by molar-refractivity contribution is 5.79. The van der Waals surface area contributed by atoms with Crippen LogP contribution in [-0.2, 0) is 11.2 Å². The normalized spacial score (nSPS) is 18.9. The standard InChI is InChI=1S/C22H25N5O3/c1-14-19(15(2)30-26-14)13-21(28)24-17-3-5-18(6-4-17)27-22(29)8-7-20(25-27)16-9-11-23-12-10-16/h7-12,17-18H,3-6,13H2,1-2H3,(H,24,28). The molecule has 1 aliphatic carbocycles. The van der Waals surface area contributed by atoms with Crippen molar-refractivity contribution in [1.82, 2.24) is 25.2 Å². The SMILES string of the molecule is Cc1noc(C)c1CC(=O)NC1CCC(n2nc(-c3ccncc3)ccc2=O)CC1. The molecule has 0 atom stereocenters. The summed E-state index contributed by atoms with van der Waals surface area (Å²) in [5.41, 5.74) is 3.19. The van der Waals surface area contributed by atoms with E-state index in [1.165, 1.54) is 0 Å². The predicted octanol–water partition coefficient (Wildman–Crippen LogP) is 2.75. The second kappa shape index (κ2) is 8.61. The fourth-order valence-electron chi connectivity index (χ4n) is 4.02. The third-order valence-electron chi connectivity index (χ3n) is 5.73. The Morgan fingerprint density at radius 3 is 2.53 bits per heavy atom. The molecule has 1 saturated carbocycles. The van der Waals surface area contributed by atoms with Gasteiger partial charge < -0.3 is 9.84 Å². The van der Waals surface area contributed by atoms with E-state index >= 15 is 0 Å². The van der Waals surface area contributed by atoms with E-state index < -0.39 is 0 Å². The summed E-state index contributed by atoms with van der Waals surface area (Å²) in [7, 11) is 0. The molecule has 30 heavy (non-hydrogen) atoms. The minimum absolute atomic E-state index is 0.0252. The van der Waals surface area contributed by atoms with Gasteiger partial charge >= 0.3 is 0 Å². The van der Waals surface area contributed by atoms with Crippen molar-refractivity contribution in [3.8, 4) is 11.3 Å². The number of carbonyl (C=O) groups excluding carboxylic acids is 1. The van der Waals surface area contributed by atoms with Crippen molar-refractivity contribution in [3.05, 3.63) is 64.0 Å². The summed E-state index contributed by atoms with van der Waals surface area (Å²) in [5, 5.41) is 11.6.